The lowest BCUT2D eigenvalue weighted by Crippen LogP contribution is -2.17. The van der Waals surface area contributed by atoms with Crippen LogP contribution in [0.5, 0.6) is 11.5 Å². The molecule has 1 aliphatic rings. The van der Waals surface area contributed by atoms with Gasteiger partial charge in [-0.2, -0.15) is 0 Å². The maximum absolute atomic E-state index is 12.6. The third kappa shape index (κ3) is 3.65. The van der Waals surface area contributed by atoms with Crippen molar-refractivity contribution in [2.45, 2.75) is 0 Å². The fourth-order valence-corrected chi connectivity index (χ4v) is 3.68. The van der Waals surface area contributed by atoms with Crippen LogP contribution in [0.25, 0.3) is 22.6 Å². The van der Waals surface area contributed by atoms with E-state index in [0.29, 0.717) is 53.0 Å². The number of rotatable bonds is 3. The number of oxazole rings is 1. The summed E-state index contributed by atoms with van der Waals surface area (Å²) >= 11 is 2.25. The molecule has 0 saturated heterocycles. The van der Waals surface area contributed by atoms with Crippen molar-refractivity contribution in [1.29, 1.82) is 0 Å². The summed E-state index contributed by atoms with van der Waals surface area (Å²) in [5.74, 6) is 1.55. The van der Waals surface area contributed by atoms with E-state index in [2.05, 4.69) is 32.9 Å². The Morgan fingerprint density at radius 2 is 1.83 bits per heavy atom. The van der Waals surface area contributed by atoms with E-state index in [1.165, 1.54) is 0 Å². The van der Waals surface area contributed by atoms with Crippen LogP contribution in [0.1, 0.15) is 10.4 Å². The lowest BCUT2D eigenvalue weighted by atomic mass is 10.1. The van der Waals surface area contributed by atoms with Crippen molar-refractivity contribution in [1.82, 2.24) is 4.98 Å². The van der Waals surface area contributed by atoms with E-state index >= 15 is 0 Å². The highest BCUT2D eigenvalue weighted by Gasteiger charge is 2.16. The molecule has 1 aromatic heterocycles. The van der Waals surface area contributed by atoms with E-state index in [4.69, 9.17) is 13.9 Å². The molecule has 0 fully saturated rings. The molecule has 5 rings (SSSR count). The second-order valence-corrected chi connectivity index (χ2v) is 7.77. The molecule has 1 aliphatic heterocycles. The van der Waals surface area contributed by atoms with E-state index in [9.17, 15) is 4.79 Å². The molecule has 29 heavy (non-hydrogen) atoms. The number of hydrogen-bond donors (Lipinski definition) is 1. The van der Waals surface area contributed by atoms with E-state index in [-0.39, 0.29) is 5.91 Å². The van der Waals surface area contributed by atoms with Gasteiger partial charge in [0.15, 0.2) is 17.1 Å². The smallest absolute Gasteiger partial charge is 0.255 e. The zero-order chi connectivity index (χ0) is 19.8. The topological polar surface area (TPSA) is 73.6 Å². The van der Waals surface area contributed by atoms with Gasteiger partial charge in [0.1, 0.15) is 18.7 Å². The van der Waals surface area contributed by atoms with Crippen molar-refractivity contribution in [2.24, 2.45) is 0 Å². The monoisotopic (exact) mass is 498 g/mol. The molecule has 0 radical (unpaired) electrons. The van der Waals surface area contributed by atoms with Crippen LogP contribution in [0, 0.1) is 3.57 Å². The highest BCUT2D eigenvalue weighted by Crippen LogP contribution is 2.31. The Morgan fingerprint density at radius 1 is 0.966 bits per heavy atom. The highest BCUT2D eigenvalue weighted by atomic mass is 127. The molecule has 0 spiro atoms. The number of nitrogens with zero attached hydrogens (tertiary/aromatic N) is 1. The van der Waals surface area contributed by atoms with Gasteiger partial charge in [-0.25, -0.2) is 4.98 Å². The number of hydrogen-bond acceptors (Lipinski definition) is 5. The van der Waals surface area contributed by atoms with Crippen LogP contribution < -0.4 is 14.8 Å². The summed E-state index contributed by atoms with van der Waals surface area (Å²) in [6, 6.07) is 18.5. The SMILES string of the molecule is O=C(Nc1ccc2oc(-c3cccc(I)c3)nc2c1)c1ccc2c(c1)OCCO2. The minimum absolute atomic E-state index is 0.234. The predicted molar refractivity (Wildman–Crippen MR) is 118 cm³/mol. The summed E-state index contributed by atoms with van der Waals surface area (Å²) in [6.07, 6.45) is 0. The Balaban J connectivity index is 1.40. The Kier molecular flexibility index (Phi) is 4.59. The lowest BCUT2D eigenvalue weighted by Gasteiger charge is -2.18. The van der Waals surface area contributed by atoms with Gasteiger partial charge in [-0.3, -0.25) is 4.79 Å². The molecule has 6 nitrogen and oxygen atoms in total. The highest BCUT2D eigenvalue weighted by molar-refractivity contribution is 14.1. The van der Waals surface area contributed by atoms with E-state index < -0.39 is 0 Å². The van der Waals surface area contributed by atoms with Crippen LogP contribution in [-0.2, 0) is 0 Å². The number of benzene rings is 3. The van der Waals surface area contributed by atoms with Gasteiger partial charge in [0, 0.05) is 20.4 Å². The maximum Gasteiger partial charge on any atom is 0.255 e. The maximum atomic E-state index is 12.6. The van der Waals surface area contributed by atoms with Crippen molar-refractivity contribution < 1.29 is 18.7 Å². The second kappa shape index (κ2) is 7.40. The fraction of sp³-hybridized carbons (Fsp3) is 0.0909. The average Bonchev–Trinajstić information content (AvgIpc) is 3.17. The van der Waals surface area contributed by atoms with Crippen LogP contribution in [0.2, 0.25) is 0 Å². The number of anilines is 1. The fourth-order valence-electron chi connectivity index (χ4n) is 3.14. The number of carbonyl (C=O) groups is 1. The molecule has 0 saturated carbocycles. The summed E-state index contributed by atoms with van der Waals surface area (Å²) < 4.78 is 18.0. The quantitative estimate of drug-likeness (QED) is 0.397. The van der Waals surface area contributed by atoms with Gasteiger partial charge >= 0.3 is 0 Å². The van der Waals surface area contributed by atoms with Crippen molar-refractivity contribution in [3.05, 3.63) is 69.8 Å². The summed E-state index contributed by atoms with van der Waals surface area (Å²) in [4.78, 5) is 17.2. The number of carbonyl (C=O) groups excluding carboxylic acids is 1. The summed E-state index contributed by atoms with van der Waals surface area (Å²) in [7, 11) is 0. The number of ether oxygens (including phenoxy) is 2. The lowest BCUT2D eigenvalue weighted by molar-refractivity contribution is 0.102. The van der Waals surface area contributed by atoms with Gasteiger partial charge < -0.3 is 19.2 Å². The van der Waals surface area contributed by atoms with Gasteiger partial charge in [0.05, 0.1) is 0 Å². The van der Waals surface area contributed by atoms with Gasteiger partial charge in [0.2, 0.25) is 5.89 Å². The summed E-state index contributed by atoms with van der Waals surface area (Å²) in [5, 5.41) is 2.90. The number of halogens is 1. The minimum atomic E-state index is -0.234. The molecule has 2 heterocycles. The first-order valence-corrected chi connectivity index (χ1v) is 10.1. The molecule has 1 N–H and O–H groups in total. The summed E-state index contributed by atoms with van der Waals surface area (Å²) in [5.41, 5.74) is 3.39. The van der Waals surface area contributed by atoms with Crippen LogP contribution in [0.15, 0.2) is 65.1 Å². The van der Waals surface area contributed by atoms with Crippen molar-refractivity contribution in [2.75, 3.05) is 18.5 Å². The van der Waals surface area contributed by atoms with Crippen LogP contribution in [0.4, 0.5) is 5.69 Å². The number of aromatic nitrogens is 1. The predicted octanol–water partition coefficient (Wildman–Crippen LogP) is 5.12. The first-order valence-electron chi connectivity index (χ1n) is 9.03. The number of amides is 1. The molecule has 0 aliphatic carbocycles. The molecule has 0 atom stereocenters. The minimum Gasteiger partial charge on any atom is -0.486 e. The van der Waals surface area contributed by atoms with Crippen molar-refractivity contribution >= 4 is 45.3 Å². The molecule has 1 amide bonds. The van der Waals surface area contributed by atoms with Crippen LogP contribution in [0.3, 0.4) is 0 Å². The van der Waals surface area contributed by atoms with Gasteiger partial charge in [-0.05, 0) is 77.2 Å². The Morgan fingerprint density at radius 3 is 2.69 bits per heavy atom. The molecule has 0 bridgehead atoms. The number of fused-ring (bicyclic) bond motifs is 2. The molecular weight excluding hydrogens is 483 g/mol. The zero-order valence-electron chi connectivity index (χ0n) is 15.1. The van der Waals surface area contributed by atoms with Crippen LogP contribution in [-0.4, -0.2) is 24.1 Å². The van der Waals surface area contributed by atoms with E-state index in [0.717, 1.165) is 9.13 Å². The van der Waals surface area contributed by atoms with Crippen molar-refractivity contribution in [3.63, 3.8) is 0 Å². The molecule has 144 valence electrons. The zero-order valence-corrected chi connectivity index (χ0v) is 17.3. The van der Waals surface area contributed by atoms with E-state index in [1.54, 1.807) is 36.4 Å². The van der Waals surface area contributed by atoms with Crippen molar-refractivity contribution in [3.8, 4) is 23.0 Å². The van der Waals surface area contributed by atoms with E-state index in [1.807, 2.05) is 24.3 Å². The third-order valence-electron chi connectivity index (χ3n) is 4.52. The Bertz CT molecular complexity index is 1230. The molecule has 7 heteroatoms. The van der Waals surface area contributed by atoms with Gasteiger partial charge in [-0.1, -0.05) is 6.07 Å². The molecule has 3 aromatic carbocycles. The van der Waals surface area contributed by atoms with Crippen LogP contribution >= 0.6 is 22.6 Å². The Labute approximate surface area is 180 Å². The molecule has 4 aromatic rings. The Hall–Kier alpha value is -3.07. The second-order valence-electron chi connectivity index (χ2n) is 6.52. The standard InChI is InChI=1S/C22H15IN2O4/c23-15-3-1-2-14(10-15)22-25-17-12-16(5-7-18(17)29-22)24-21(26)13-4-6-19-20(11-13)28-9-8-27-19/h1-7,10-12H,8-9H2,(H,24,26). The van der Waals surface area contributed by atoms with Gasteiger partial charge in [-0.15, -0.1) is 0 Å². The van der Waals surface area contributed by atoms with Gasteiger partial charge in [0.25, 0.3) is 5.91 Å². The normalized spacial score (nSPS) is 12.7. The first kappa shape index (κ1) is 18.0. The summed E-state index contributed by atoms with van der Waals surface area (Å²) in [6.45, 7) is 0.990. The third-order valence-corrected chi connectivity index (χ3v) is 5.19. The molecule has 0 unspecified atom stereocenters. The average molecular weight is 498 g/mol. The largest absolute Gasteiger partial charge is 0.486 e. The molecular formula is C22H15IN2O4. The first-order chi connectivity index (χ1) is 14.2. The number of nitrogens with one attached hydrogen (secondary N) is 1.